The van der Waals surface area contributed by atoms with Crippen LogP contribution < -0.4 is 14.8 Å². The number of carbonyl (C=O) groups excluding carboxylic acids is 1. The molecule has 2 N–H and O–H groups in total. The minimum Gasteiger partial charge on any atom is -0.495 e. The number of amides is 1. The number of thiophene rings is 1. The van der Waals surface area contributed by atoms with Crippen molar-refractivity contribution in [3.05, 3.63) is 75.4 Å². The van der Waals surface area contributed by atoms with Gasteiger partial charge in [-0.1, -0.05) is 23.7 Å². The fourth-order valence-electron chi connectivity index (χ4n) is 2.41. The standard InChI is InChI=1S/C19H17ClN2O4S2/c1-26-18-8-7-14(11-17(18)20)22-19(23)13-4-2-6-16(10-13)28(24,25)21-12-15-5-3-9-27-15/h2-11,21H,12H2,1H3,(H,22,23). The Morgan fingerprint density at radius 1 is 1.14 bits per heavy atom. The number of hydrogen-bond donors (Lipinski definition) is 2. The van der Waals surface area contributed by atoms with Crippen LogP contribution in [0.4, 0.5) is 5.69 Å². The summed E-state index contributed by atoms with van der Waals surface area (Å²) in [6, 6.07) is 14.4. The highest BCUT2D eigenvalue weighted by molar-refractivity contribution is 7.89. The van der Waals surface area contributed by atoms with E-state index < -0.39 is 15.9 Å². The summed E-state index contributed by atoms with van der Waals surface area (Å²) >= 11 is 7.52. The van der Waals surface area contributed by atoms with Crippen LogP contribution in [0, 0.1) is 0 Å². The Morgan fingerprint density at radius 3 is 2.64 bits per heavy atom. The number of benzene rings is 2. The predicted molar refractivity (Wildman–Crippen MR) is 111 cm³/mol. The van der Waals surface area contributed by atoms with Gasteiger partial charge in [-0.15, -0.1) is 11.3 Å². The summed E-state index contributed by atoms with van der Waals surface area (Å²) in [7, 11) is -2.24. The number of methoxy groups -OCH3 is 1. The second-order valence-corrected chi connectivity index (χ2v) is 8.94. The van der Waals surface area contributed by atoms with Gasteiger partial charge in [-0.05, 0) is 47.8 Å². The smallest absolute Gasteiger partial charge is 0.255 e. The van der Waals surface area contributed by atoms with Gasteiger partial charge in [0.1, 0.15) is 5.75 Å². The molecule has 3 aromatic rings. The van der Waals surface area contributed by atoms with Crippen LogP contribution in [0.5, 0.6) is 5.75 Å². The fraction of sp³-hybridized carbons (Fsp3) is 0.105. The second kappa shape index (κ2) is 8.74. The highest BCUT2D eigenvalue weighted by atomic mass is 35.5. The molecule has 0 atom stereocenters. The molecule has 1 aromatic heterocycles. The first kappa shape index (κ1) is 20.3. The van der Waals surface area contributed by atoms with E-state index in [1.807, 2.05) is 17.5 Å². The lowest BCUT2D eigenvalue weighted by atomic mass is 10.2. The van der Waals surface area contributed by atoms with Gasteiger partial charge in [0.15, 0.2) is 0 Å². The quantitative estimate of drug-likeness (QED) is 0.583. The first-order valence-corrected chi connectivity index (χ1v) is 10.9. The Balaban J connectivity index is 1.74. The van der Waals surface area contributed by atoms with Crippen molar-refractivity contribution < 1.29 is 17.9 Å². The Hall–Kier alpha value is -2.39. The van der Waals surface area contributed by atoms with Gasteiger partial charge in [0, 0.05) is 22.7 Å². The first-order valence-electron chi connectivity index (χ1n) is 8.16. The highest BCUT2D eigenvalue weighted by Crippen LogP contribution is 2.27. The van der Waals surface area contributed by atoms with Gasteiger partial charge in [0.25, 0.3) is 5.91 Å². The van der Waals surface area contributed by atoms with Gasteiger partial charge in [-0.3, -0.25) is 4.79 Å². The van der Waals surface area contributed by atoms with Gasteiger partial charge >= 0.3 is 0 Å². The number of sulfonamides is 1. The Labute approximate surface area is 172 Å². The van der Waals surface area contributed by atoms with E-state index in [0.29, 0.717) is 16.5 Å². The van der Waals surface area contributed by atoms with E-state index in [2.05, 4.69) is 10.0 Å². The van der Waals surface area contributed by atoms with Crippen molar-refractivity contribution in [3.8, 4) is 5.75 Å². The van der Waals surface area contributed by atoms with Crippen LogP contribution in [0.15, 0.2) is 64.9 Å². The van der Waals surface area contributed by atoms with Crippen molar-refractivity contribution in [2.45, 2.75) is 11.4 Å². The maximum atomic E-state index is 12.5. The van der Waals surface area contributed by atoms with Crippen LogP contribution in [0.2, 0.25) is 5.02 Å². The maximum absolute atomic E-state index is 12.5. The Kier molecular flexibility index (Phi) is 6.35. The summed E-state index contributed by atoms with van der Waals surface area (Å²) in [6.07, 6.45) is 0. The minimum atomic E-state index is -3.74. The van der Waals surface area contributed by atoms with E-state index in [-0.39, 0.29) is 17.0 Å². The third kappa shape index (κ3) is 4.90. The zero-order chi connectivity index (χ0) is 20.1. The van der Waals surface area contributed by atoms with E-state index in [1.165, 1.54) is 36.6 Å². The number of carbonyl (C=O) groups is 1. The molecular weight excluding hydrogens is 420 g/mol. The highest BCUT2D eigenvalue weighted by Gasteiger charge is 2.17. The van der Waals surface area contributed by atoms with Crippen LogP contribution in [0.1, 0.15) is 15.2 Å². The molecule has 3 rings (SSSR count). The molecule has 0 bridgehead atoms. The van der Waals surface area contributed by atoms with Crippen molar-refractivity contribution in [1.82, 2.24) is 4.72 Å². The average molecular weight is 437 g/mol. The van der Waals surface area contributed by atoms with Crippen molar-refractivity contribution in [2.75, 3.05) is 12.4 Å². The van der Waals surface area contributed by atoms with E-state index in [1.54, 1.807) is 24.3 Å². The molecule has 0 radical (unpaired) electrons. The lowest BCUT2D eigenvalue weighted by Gasteiger charge is -2.10. The van der Waals surface area contributed by atoms with E-state index in [9.17, 15) is 13.2 Å². The molecule has 28 heavy (non-hydrogen) atoms. The molecule has 2 aromatic carbocycles. The van der Waals surface area contributed by atoms with Crippen LogP contribution in [-0.4, -0.2) is 21.4 Å². The zero-order valence-electron chi connectivity index (χ0n) is 14.8. The van der Waals surface area contributed by atoms with E-state index in [4.69, 9.17) is 16.3 Å². The topological polar surface area (TPSA) is 84.5 Å². The lowest BCUT2D eigenvalue weighted by Crippen LogP contribution is -2.23. The van der Waals surface area contributed by atoms with Gasteiger partial charge < -0.3 is 10.1 Å². The molecule has 0 aliphatic carbocycles. The largest absolute Gasteiger partial charge is 0.495 e. The second-order valence-electron chi connectivity index (χ2n) is 5.74. The number of anilines is 1. The Bertz CT molecular complexity index is 1080. The average Bonchev–Trinajstić information content (AvgIpc) is 3.20. The number of hydrogen-bond acceptors (Lipinski definition) is 5. The molecule has 1 amide bonds. The summed E-state index contributed by atoms with van der Waals surface area (Å²) in [5.74, 6) is 0.0427. The summed E-state index contributed by atoms with van der Waals surface area (Å²) < 4.78 is 32.6. The molecular formula is C19H17ClN2O4S2. The molecule has 146 valence electrons. The maximum Gasteiger partial charge on any atom is 0.255 e. The van der Waals surface area contributed by atoms with Crippen LogP contribution in [0.3, 0.4) is 0 Å². The summed E-state index contributed by atoms with van der Waals surface area (Å²) in [5, 5.41) is 4.92. The van der Waals surface area contributed by atoms with E-state index >= 15 is 0 Å². The number of rotatable bonds is 7. The lowest BCUT2D eigenvalue weighted by molar-refractivity contribution is 0.102. The van der Waals surface area contributed by atoms with Crippen LogP contribution >= 0.6 is 22.9 Å². The van der Waals surface area contributed by atoms with Crippen molar-refractivity contribution in [1.29, 1.82) is 0 Å². The third-order valence-electron chi connectivity index (χ3n) is 3.83. The normalized spacial score (nSPS) is 11.2. The molecule has 0 aliphatic heterocycles. The van der Waals surface area contributed by atoms with Crippen LogP contribution in [-0.2, 0) is 16.6 Å². The van der Waals surface area contributed by atoms with Gasteiger partial charge in [0.05, 0.1) is 17.0 Å². The SMILES string of the molecule is COc1ccc(NC(=O)c2cccc(S(=O)(=O)NCc3cccs3)c2)cc1Cl. The third-order valence-corrected chi connectivity index (χ3v) is 6.40. The summed E-state index contributed by atoms with van der Waals surface area (Å²) in [6.45, 7) is 0.195. The molecule has 0 fully saturated rings. The van der Waals surface area contributed by atoms with Crippen molar-refractivity contribution >= 4 is 44.6 Å². The summed E-state index contributed by atoms with van der Waals surface area (Å²) in [4.78, 5) is 13.4. The molecule has 0 aliphatic rings. The molecule has 0 saturated heterocycles. The molecule has 0 saturated carbocycles. The van der Waals surface area contributed by atoms with E-state index in [0.717, 1.165) is 4.88 Å². The Morgan fingerprint density at radius 2 is 1.96 bits per heavy atom. The van der Waals surface area contributed by atoms with Gasteiger partial charge in [-0.25, -0.2) is 13.1 Å². The van der Waals surface area contributed by atoms with Crippen LogP contribution in [0.25, 0.3) is 0 Å². The number of nitrogens with one attached hydrogen (secondary N) is 2. The zero-order valence-corrected chi connectivity index (χ0v) is 17.2. The number of ether oxygens (including phenoxy) is 1. The first-order chi connectivity index (χ1) is 13.4. The number of halogens is 1. The molecule has 9 heteroatoms. The monoisotopic (exact) mass is 436 g/mol. The summed E-state index contributed by atoms with van der Waals surface area (Å²) in [5.41, 5.74) is 0.686. The predicted octanol–water partition coefficient (Wildman–Crippen LogP) is 4.14. The minimum absolute atomic E-state index is 0.0180. The van der Waals surface area contributed by atoms with Gasteiger partial charge in [-0.2, -0.15) is 0 Å². The van der Waals surface area contributed by atoms with Gasteiger partial charge in [0.2, 0.25) is 10.0 Å². The molecule has 0 spiro atoms. The molecule has 1 heterocycles. The van der Waals surface area contributed by atoms with Crippen molar-refractivity contribution in [3.63, 3.8) is 0 Å². The van der Waals surface area contributed by atoms with Crippen molar-refractivity contribution in [2.24, 2.45) is 0 Å². The fourth-order valence-corrected chi connectivity index (χ4v) is 4.46. The molecule has 6 nitrogen and oxygen atoms in total. The molecule has 0 unspecified atom stereocenters.